The van der Waals surface area contributed by atoms with Crippen LogP contribution in [0.15, 0.2) is 11.6 Å². The highest BCUT2D eigenvalue weighted by molar-refractivity contribution is 6.15. The number of carbonyl (C=O) groups is 2. The molecule has 0 atom stereocenters. The van der Waals surface area contributed by atoms with Gasteiger partial charge in [-0.25, -0.2) is 0 Å². The van der Waals surface area contributed by atoms with Crippen molar-refractivity contribution in [1.29, 1.82) is 0 Å². The number of halogens is 15. The Hall–Kier alpha value is -2.17. The molecule has 0 radical (unpaired) electrons. The lowest BCUT2D eigenvalue weighted by Crippen LogP contribution is -2.73. The summed E-state index contributed by atoms with van der Waals surface area (Å²) in [5, 5.41) is 0. The smallest absolute Gasteiger partial charge is 0.269 e. The molecule has 3 nitrogen and oxygen atoms in total. The molecule has 1 aliphatic rings. The average molecular weight is 493 g/mol. The van der Waals surface area contributed by atoms with E-state index in [2.05, 4.69) is 0 Å². The van der Waals surface area contributed by atoms with Crippen LogP contribution in [-0.2, 0) is 9.59 Å². The van der Waals surface area contributed by atoms with E-state index in [9.17, 15) is 75.4 Å². The second kappa shape index (κ2) is 6.91. The summed E-state index contributed by atoms with van der Waals surface area (Å²) in [6.45, 7) is -2.39. The van der Waals surface area contributed by atoms with Gasteiger partial charge >= 0.3 is 41.7 Å². The van der Waals surface area contributed by atoms with E-state index >= 15 is 0 Å². The first kappa shape index (κ1) is 26.9. The summed E-state index contributed by atoms with van der Waals surface area (Å²) in [5.74, 6) is -51.2. The minimum atomic E-state index is -8.42. The summed E-state index contributed by atoms with van der Waals surface area (Å²) >= 11 is 0. The molecule has 0 bridgehead atoms. The van der Waals surface area contributed by atoms with E-state index < -0.39 is 70.5 Å². The maximum atomic E-state index is 13.7. The average Bonchev–Trinajstić information content (AvgIpc) is 2.78. The Kier molecular flexibility index (Phi) is 5.99. The van der Waals surface area contributed by atoms with Crippen LogP contribution in [0.5, 0.6) is 0 Å². The molecule has 0 unspecified atom stereocenters. The van der Waals surface area contributed by atoms with Crippen molar-refractivity contribution >= 4 is 11.8 Å². The van der Waals surface area contributed by atoms with Crippen molar-refractivity contribution in [2.45, 2.75) is 48.6 Å². The van der Waals surface area contributed by atoms with Crippen LogP contribution in [0.3, 0.4) is 0 Å². The lowest BCUT2D eigenvalue weighted by atomic mass is 9.91. The Morgan fingerprint density at radius 1 is 0.645 bits per heavy atom. The van der Waals surface area contributed by atoms with E-state index in [1.807, 2.05) is 0 Å². The van der Waals surface area contributed by atoms with E-state index in [0.29, 0.717) is 0 Å². The standard InChI is InChI=1S/C13H6F15NO2/c1-4-2-5(30)29(6(4)31)3-7(14,15)8(16,17)9(18,19)10(20,21)11(22,23)12(24,25)13(26,27)28/h2H,3H2,1H3. The molecule has 180 valence electrons. The molecular weight excluding hydrogens is 487 g/mol. The minimum absolute atomic E-state index is 0.210. The van der Waals surface area contributed by atoms with Crippen molar-refractivity contribution < 1.29 is 75.4 Å². The molecule has 1 heterocycles. The molecule has 0 aromatic rings. The normalized spacial score (nSPS) is 18.1. The van der Waals surface area contributed by atoms with Crippen LogP contribution in [0.4, 0.5) is 65.9 Å². The lowest BCUT2D eigenvalue weighted by Gasteiger charge is -2.41. The third-order valence-electron chi connectivity index (χ3n) is 3.94. The predicted octanol–water partition coefficient (Wildman–Crippen LogP) is 4.68. The van der Waals surface area contributed by atoms with Crippen molar-refractivity contribution in [2.24, 2.45) is 0 Å². The lowest BCUT2D eigenvalue weighted by molar-refractivity contribution is -0.452. The van der Waals surface area contributed by atoms with Crippen molar-refractivity contribution in [3.05, 3.63) is 11.6 Å². The Bertz CT molecular complexity index is 795. The quantitative estimate of drug-likeness (QED) is 0.382. The first-order chi connectivity index (χ1) is 13.3. The molecule has 0 saturated heterocycles. The SMILES string of the molecule is CC1=CC(=O)N(CC(F)(F)C(F)(F)C(F)(F)C(F)(F)C(F)(F)C(F)(F)C(F)(F)F)C1=O. The van der Waals surface area contributed by atoms with Crippen molar-refractivity contribution in [3.8, 4) is 0 Å². The van der Waals surface area contributed by atoms with Gasteiger partial charge in [-0.15, -0.1) is 0 Å². The fourth-order valence-electron chi connectivity index (χ4n) is 2.08. The monoisotopic (exact) mass is 493 g/mol. The topological polar surface area (TPSA) is 37.4 Å². The van der Waals surface area contributed by atoms with Crippen LogP contribution >= 0.6 is 0 Å². The molecule has 0 fully saturated rings. The summed E-state index contributed by atoms with van der Waals surface area (Å²) in [4.78, 5) is 21.7. The number of imide groups is 1. The maximum Gasteiger partial charge on any atom is 0.460 e. The third kappa shape index (κ3) is 3.50. The molecule has 0 saturated carbocycles. The molecule has 0 aliphatic carbocycles. The highest BCUT2D eigenvalue weighted by Crippen LogP contribution is 2.62. The maximum absolute atomic E-state index is 13.7. The summed E-state index contributed by atoms with van der Waals surface area (Å²) in [5.41, 5.74) is -0.724. The number of hydrogen-bond acceptors (Lipinski definition) is 2. The molecule has 1 aliphatic heterocycles. The summed E-state index contributed by atoms with van der Waals surface area (Å²) < 4.78 is 195. The number of rotatable bonds is 7. The number of carbonyl (C=O) groups excluding carboxylic acids is 2. The van der Waals surface area contributed by atoms with E-state index in [1.165, 1.54) is 0 Å². The molecule has 0 spiro atoms. The molecule has 18 heteroatoms. The second-order valence-electron chi connectivity index (χ2n) is 6.13. The Morgan fingerprint density at radius 3 is 1.32 bits per heavy atom. The highest BCUT2D eigenvalue weighted by Gasteiger charge is 2.93. The van der Waals surface area contributed by atoms with Crippen molar-refractivity contribution in [1.82, 2.24) is 4.90 Å². The van der Waals surface area contributed by atoms with Crippen LogP contribution in [-0.4, -0.2) is 65.0 Å². The highest BCUT2D eigenvalue weighted by atomic mass is 19.4. The molecule has 31 heavy (non-hydrogen) atoms. The second-order valence-corrected chi connectivity index (χ2v) is 6.13. The zero-order chi connectivity index (χ0) is 25.2. The van der Waals surface area contributed by atoms with Crippen molar-refractivity contribution in [3.63, 3.8) is 0 Å². The van der Waals surface area contributed by atoms with Gasteiger partial charge in [0.25, 0.3) is 11.8 Å². The molecular formula is C13H6F15NO2. The van der Waals surface area contributed by atoms with E-state index in [4.69, 9.17) is 0 Å². The van der Waals surface area contributed by atoms with Gasteiger partial charge in [0, 0.05) is 11.6 Å². The number of nitrogens with zero attached hydrogens (tertiary/aromatic N) is 1. The predicted molar refractivity (Wildman–Crippen MR) is 66.2 cm³/mol. The van der Waals surface area contributed by atoms with Crippen molar-refractivity contribution in [2.75, 3.05) is 6.54 Å². The summed E-state index contributed by atoms with van der Waals surface area (Å²) in [6.07, 6.45) is -7.48. The fraction of sp³-hybridized carbons (Fsp3) is 0.692. The largest absolute Gasteiger partial charge is 0.460 e. The minimum Gasteiger partial charge on any atom is -0.269 e. The van der Waals surface area contributed by atoms with Crippen LogP contribution in [0.2, 0.25) is 0 Å². The fourth-order valence-corrected chi connectivity index (χ4v) is 2.08. The first-order valence-electron chi connectivity index (χ1n) is 7.19. The van der Waals surface area contributed by atoms with E-state index in [0.717, 1.165) is 6.92 Å². The zero-order valence-corrected chi connectivity index (χ0v) is 14.2. The van der Waals surface area contributed by atoms with Crippen LogP contribution in [0.25, 0.3) is 0 Å². The van der Waals surface area contributed by atoms with Crippen LogP contribution < -0.4 is 0 Å². The van der Waals surface area contributed by atoms with Gasteiger partial charge in [-0.2, -0.15) is 65.9 Å². The molecule has 0 aromatic carbocycles. The Morgan fingerprint density at radius 2 is 1.00 bits per heavy atom. The summed E-state index contributed by atoms with van der Waals surface area (Å²) in [6, 6.07) is 0. The summed E-state index contributed by atoms with van der Waals surface area (Å²) in [7, 11) is 0. The number of hydrogen-bond donors (Lipinski definition) is 0. The number of alkyl halides is 15. The van der Waals surface area contributed by atoms with Gasteiger partial charge in [0.05, 0.1) is 6.54 Å². The van der Waals surface area contributed by atoms with E-state index in [1.54, 1.807) is 0 Å². The van der Waals surface area contributed by atoms with Gasteiger partial charge in [0.1, 0.15) is 0 Å². The van der Waals surface area contributed by atoms with Gasteiger partial charge in [-0.1, -0.05) is 0 Å². The Balaban J connectivity index is 3.48. The van der Waals surface area contributed by atoms with E-state index in [-0.39, 0.29) is 6.08 Å². The van der Waals surface area contributed by atoms with Gasteiger partial charge in [-0.05, 0) is 6.92 Å². The van der Waals surface area contributed by atoms with Gasteiger partial charge in [0.2, 0.25) is 0 Å². The molecule has 2 amide bonds. The number of amides is 2. The van der Waals surface area contributed by atoms with Gasteiger partial charge < -0.3 is 0 Å². The Labute approximate surface area is 160 Å². The van der Waals surface area contributed by atoms with Gasteiger partial charge in [-0.3, -0.25) is 14.5 Å². The molecule has 1 rings (SSSR count). The molecule has 0 aromatic heterocycles. The van der Waals surface area contributed by atoms with Gasteiger partial charge in [0.15, 0.2) is 0 Å². The third-order valence-corrected chi connectivity index (χ3v) is 3.94. The van der Waals surface area contributed by atoms with Crippen LogP contribution in [0, 0.1) is 0 Å². The zero-order valence-electron chi connectivity index (χ0n) is 14.2. The molecule has 0 N–H and O–H groups in total. The van der Waals surface area contributed by atoms with Crippen LogP contribution in [0.1, 0.15) is 6.92 Å². The first-order valence-corrected chi connectivity index (χ1v) is 7.19.